The topological polar surface area (TPSA) is 70.2 Å². The number of anilines is 2. The van der Waals surface area contributed by atoms with Gasteiger partial charge < -0.3 is 10.6 Å². The standard InChI is InChI=1S/C14H17N3O2S.ClH/c18-13(9-1-2-9)16-10-3-5-11(6-4-10)17-14(19)12-7-20-8-15-12;/h3-6,9,12,15H,1-2,7-8H2,(H,16,18)(H,17,19);1H. The molecule has 21 heavy (non-hydrogen) atoms. The molecule has 1 atom stereocenters. The van der Waals surface area contributed by atoms with Gasteiger partial charge in [0.05, 0.1) is 6.04 Å². The van der Waals surface area contributed by atoms with Crippen molar-refractivity contribution in [3.63, 3.8) is 0 Å². The van der Waals surface area contributed by atoms with Crippen molar-refractivity contribution in [2.75, 3.05) is 22.3 Å². The molecule has 1 aliphatic heterocycles. The third-order valence-electron chi connectivity index (χ3n) is 3.40. The van der Waals surface area contributed by atoms with Gasteiger partial charge in [-0.25, -0.2) is 0 Å². The second-order valence-corrected chi connectivity index (χ2v) is 6.13. The van der Waals surface area contributed by atoms with E-state index >= 15 is 0 Å². The van der Waals surface area contributed by atoms with E-state index in [4.69, 9.17) is 0 Å². The summed E-state index contributed by atoms with van der Waals surface area (Å²) in [5.41, 5.74) is 1.52. The van der Waals surface area contributed by atoms with Gasteiger partial charge in [0.25, 0.3) is 0 Å². The van der Waals surface area contributed by atoms with Gasteiger partial charge in [0, 0.05) is 28.9 Å². The van der Waals surface area contributed by atoms with Crippen LogP contribution in [0, 0.1) is 5.92 Å². The van der Waals surface area contributed by atoms with Crippen molar-refractivity contribution in [2.45, 2.75) is 18.9 Å². The Morgan fingerprint density at radius 2 is 1.62 bits per heavy atom. The van der Waals surface area contributed by atoms with Crippen LogP contribution in [0.1, 0.15) is 12.8 Å². The molecule has 2 fully saturated rings. The van der Waals surface area contributed by atoms with Crippen molar-refractivity contribution in [1.29, 1.82) is 0 Å². The summed E-state index contributed by atoms with van der Waals surface area (Å²) in [6.45, 7) is 0. The molecule has 5 nitrogen and oxygen atoms in total. The van der Waals surface area contributed by atoms with Gasteiger partial charge in [-0.1, -0.05) is 0 Å². The first kappa shape index (κ1) is 16.1. The van der Waals surface area contributed by atoms with Gasteiger partial charge in [0.2, 0.25) is 11.8 Å². The maximum atomic E-state index is 11.9. The Morgan fingerprint density at radius 3 is 2.10 bits per heavy atom. The Labute approximate surface area is 134 Å². The van der Waals surface area contributed by atoms with Gasteiger partial charge in [-0.2, -0.15) is 0 Å². The van der Waals surface area contributed by atoms with Crippen molar-refractivity contribution in [3.8, 4) is 0 Å². The molecular formula is C14H18ClN3O2S. The Bertz CT molecular complexity index is 513. The summed E-state index contributed by atoms with van der Waals surface area (Å²) in [6.07, 6.45) is 1.98. The zero-order chi connectivity index (χ0) is 13.9. The molecule has 1 saturated carbocycles. The number of carbonyl (C=O) groups is 2. The average molecular weight is 328 g/mol. The number of hydrogen-bond acceptors (Lipinski definition) is 4. The van der Waals surface area contributed by atoms with Crippen molar-refractivity contribution < 1.29 is 9.59 Å². The number of thioether (sulfide) groups is 1. The van der Waals surface area contributed by atoms with Crippen molar-refractivity contribution in [2.24, 2.45) is 5.92 Å². The van der Waals surface area contributed by atoms with Crippen LogP contribution in [-0.4, -0.2) is 29.5 Å². The lowest BCUT2D eigenvalue weighted by Gasteiger charge is -2.11. The van der Waals surface area contributed by atoms with E-state index in [-0.39, 0.29) is 36.2 Å². The Morgan fingerprint density at radius 1 is 1.05 bits per heavy atom. The first-order valence-electron chi connectivity index (χ1n) is 6.75. The molecule has 3 N–H and O–H groups in total. The molecule has 1 aliphatic carbocycles. The monoisotopic (exact) mass is 327 g/mol. The number of carbonyl (C=O) groups excluding carboxylic acids is 2. The summed E-state index contributed by atoms with van der Waals surface area (Å²) in [5.74, 6) is 1.91. The van der Waals surface area contributed by atoms with E-state index < -0.39 is 0 Å². The zero-order valence-electron chi connectivity index (χ0n) is 11.4. The molecule has 1 heterocycles. The molecule has 2 amide bonds. The number of benzene rings is 1. The van der Waals surface area contributed by atoms with Crippen LogP contribution in [0.4, 0.5) is 11.4 Å². The highest BCUT2D eigenvalue weighted by atomic mass is 35.5. The van der Waals surface area contributed by atoms with Gasteiger partial charge in [0.1, 0.15) is 0 Å². The van der Waals surface area contributed by atoms with Crippen LogP contribution in [0.5, 0.6) is 0 Å². The molecule has 0 radical (unpaired) electrons. The lowest BCUT2D eigenvalue weighted by molar-refractivity contribution is -0.118. The van der Waals surface area contributed by atoms with E-state index in [1.165, 1.54) is 0 Å². The van der Waals surface area contributed by atoms with Crippen LogP contribution in [0.15, 0.2) is 24.3 Å². The second-order valence-electron chi connectivity index (χ2n) is 5.10. The maximum absolute atomic E-state index is 11.9. The fourth-order valence-corrected chi connectivity index (χ4v) is 2.96. The van der Waals surface area contributed by atoms with Gasteiger partial charge >= 0.3 is 0 Å². The third-order valence-corrected chi connectivity index (χ3v) is 4.34. The predicted octanol–water partition coefficient (Wildman–Crippen LogP) is 2.06. The minimum absolute atomic E-state index is 0. The second kappa shape index (κ2) is 7.15. The summed E-state index contributed by atoms with van der Waals surface area (Å²) < 4.78 is 0. The predicted molar refractivity (Wildman–Crippen MR) is 87.9 cm³/mol. The summed E-state index contributed by atoms with van der Waals surface area (Å²) in [5, 5.41) is 8.87. The van der Waals surface area contributed by atoms with E-state index in [9.17, 15) is 9.59 Å². The van der Waals surface area contributed by atoms with Crippen molar-refractivity contribution in [1.82, 2.24) is 5.32 Å². The lowest BCUT2D eigenvalue weighted by atomic mass is 10.2. The average Bonchev–Trinajstić information content (AvgIpc) is 3.16. The van der Waals surface area contributed by atoms with E-state index in [0.29, 0.717) is 0 Å². The molecule has 2 aliphatic rings. The summed E-state index contributed by atoms with van der Waals surface area (Å²) in [7, 11) is 0. The van der Waals surface area contributed by atoms with Gasteiger partial charge in [-0.05, 0) is 37.1 Å². The van der Waals surface area contributed by atoms with Gasteiger partial charge in [-0.15, -0.1) is 24.2 Å². The fraction of sp³-hybridized carbons (Fsp3) is 0.429. The first-order chi connectivity index (χ1) is 9.72. The highest BCUT2D eigenvalue weighted by Gasteiger charge is 2.29. The van der Waals surface area contributed by atoms with E-state index in [2.05, 4.69) is 16.0 Å². The number of hydrogen-bond donors (Lipinski definition) is 3. The number of halogens is 1. The molecule has 1 unspecified atom stereocenters. The summed E-state index contributed by atoms with van der Waals surface area (Å²) in [4.78, 5) is 23.5. The smallest absolute Gasteiger partial charge is 0.242 e. The molecule has 1 aromatic rings. The van der Waals surface area contributed by atoms with Crippen LogP contribution < -0.4 is 16.0 Å². The van der Waals surface area contributed by atoms with Crippen LogP contribution in [-0.2, 0) is 9.59 Å². The highest BCUT2D eigenvalue weighted by molar-refractivity contribution is 7.99. The molecular weight excluding hydrogens is 310 g/mol. The lowest BCUT2D eigenvalue weighted by Crippen LogP contribution is -2.37. The molecule has 3 rings (SSSR count). The normalized spacial score (nSPS) is 20.5. The van der Waals surface area contributed by atoms with Crippen LogP contribution in [0.25, 0.3) is 0 Å². The third kappa shape index (κ3) is 4.36. The van der Waals surface area contributed by atoms with Crippen molar-refractivity contribution >= 4 is 47.4 Å². The Balaban J connectivity index is 0.00000161. The molecule has 114 valence electrons. The first-order valence-corrected chi connectivity index (χ1v) is 7.91. The molecule has 0 spiro atoms. The molecule has 1 saturated heterocycles. The van der Waals surface area contributed by atoms with E-state index in [1.54, 1.807) is 11.8 Å². The van der Waals surface area contributed by atoms with Crippen LogP contribution in [0.3, 0.4) is 0 Å². The SMILES string of the molecule is Cl.O=C(Nc1ccc(NC(=O)C2CSCN2)cc1)C1CC1. The highest BCUT2D eigenvalue weighted by Crippen LogP contribution is 2.30. The number of amides is 2. The molecule has 1 aromatic carbocycles. The minimum Gasteiger partial charge on any atom is -0.326 e. The Hall–Kier alpha value is -1.24. The van der Waals surface area contributed by atoms with Crippen molar-refractivity contribution in [3.05, 3.63) is 24.3 Å². The summed E-state index contributed by atoms with van der Waals surface area (Å²) >= 11 is 1.72. The van der Waals surface area contributed by atoms with Gasteiger partial charge in [0.15, 0.2) is 0 Å². The molecule has 7 heteroatoms. The quantitative estimate of drug-likeness (QED) is 0.791. The minimum atomic E-state index is -0.116. The van der Waals surface area contributed by atoms with Gasteiger partial charge in [-0.3, -0.25) is 14.9 Å². The zero-order valence-corrected chi connectivity index (χ0v) is 13.1. The largest absolute Gasteiger partial charge is 0.326 e. The number of rotatable bonds is 4. The fourth-order valence-electron chi connectivity index (χ4n) is 2.02. The van der Waals surface area contributed by atoms with Crippen LogP contribution in [0.2, 0.25) is 0 Å². The molecule has 0 bridgehead atoms. The van der Waals surface area contributed by atoms with Crippen LogP contribution >= 0.6 is 24.2 Å². The van der Waals surface area contributed by atoms with E-state index in [0.717, 1.165) is 35.8 Å². The maximum Gasteiger partial charge on any atom is 0.242 e. The van der Waals surface area contributed by atoms with E-state index in [1.807, 2.05) is 24.3 Å². The summed E-state index contributed by atoms with van der Waals surface area (Å²) in [6, 6.07) is 7.12. The molecule has 0 aromatic heterocycles. The Kier molecular flexibility index (Phi) is 5.50. The number of nitrogens with one attached hydrogen (secondary N) is 3.